The molecule has 1 aliphatic heterocycles. The molecule has 2 N–H and O–H groups in total. The van der Waals surface area contributed by atoms with Crippen LogP contribution in [-0.4, -0.2) is 17.8 Å². The summed E-state index contributed by atoms with van der Waals surface area (Å²) in [4.78, 5) is 37.5. The van der Waals surface area contributed by atoms with Crippen LogP contribution in [0.2, 0.25) is 0 Å². The molecule has 0 saturated heterocycles. The quantitative estimate of drug-likeness (QED) is 0.554. The van der Waals surface area contributed by atoms with E-state index in [9.17, 15) is 19.5 Å². The molecule has 2 amide bonds. The first-order valence-corrected chi connectivity index (χ1v) is 8.32. The Kier molecular flexibility index (Phi) is 4.04. The Morgan fingerprint density at radius 3 is 2.25 bits per heavy atom. The highest BCUT2D eigenvalue weighted by molar-refractivity contribution is 6.34. The molecule has 1 aliphatic rings. The van der Waals surface area contributed by atoms with Crippen molar-refractivity contribution in [2.45, 2.75) is 0 Å². The van der Waals surface area contributed by atoms with Crippen LogP contribution in [0.25, 0.3) is 0 Å². The smallest absolute Gasteiger partial charge is 0.266 e. The van der Waals surface area contributed by atoms with E-state index in [1.165, 1.54) is 36.4 Å². The minimum atomic E-state index is -1.39. The number of benzene rings is 3. The van der Waals surface area contributed by atoms with Crippen LogP contribution in [0.1, 0.15) is 31.1 Å². The molecular formula is C21H13N2O5-. The van der Waals surface area contributed by atoms with E-state index < -0.39 is 17.8 Å². The monoisotopic (exact) mass is 373 g/mol. The largest absolute Gasteiger partial charge is 0.545 e. The molecule has 0 aliphatic carbocycles. The van der Waals surface area contributed by atoms with Crippen LogP contribution >= 0.6 is 0 Å². The van der Waals surface area contributed by atoms with E-state index in [2.05, 4.69) is 0 Å². The zero-order valence-electron chi connectivity index (χ0n) is 14.4. The molecule has 0 bridgehead atoms. The third-order valence-electron chi connectivity index (χ3n) is 4.31. The van der Waals surface area contributed by atoms with E-state index in [1.807, 2.05) is 0 Å². The van der Waals surface area contributed by atoms with Crippen LogP contribution in [0.4, 0.5) is 11.4 Å². The van der Waals surface area contributed by atoms with Crippen molar-refractivity contribution in [3.8, 4) is 11.5 Å². The molecule has 3 aromatic carbocycles. The van der Waals surface area contributed by atoms with Crippen LogP contribution < -0.4 is 20.5 Å². The number of carbonyl (C=O) groups excluding carboxylic acids is 3. The zero-order chi connectivity index (χ0) is 19.8. The minimum absolute atomic E-state index is 0.124. The molecule has 0 aromatic heterocycles. The van der Waals surface area contributed by atoms with Gasteiger partial charge in [-0.2, -0.15) is 0 Å². The maximum absolute atomic E-state index is 12.8. The lowest BCUT2D eigenvalue weighted by Crippen LogP contribution is -2.30. The molecule has 0 spiro atoms. The number of hydrogen-bond donors (Lipinski definition) is 1. The van der Waals surface area contributed by atoms with Crippen LogP contribution in [0.5, 0.6) is 11.5 Å². The average Bonchev–Trinajstić information content (AvgIpc) is 2.94. The summed E-state index contributed by atoms with van der Waals surface area (Å²) in [5.74, 6) is -1.56. The second-order valence-corrected chi connectivity index (χ2v) is 6.16. The van der Waals surface area contributed by atoms with Gasteiger partial charge >= 0.3 is 0 Å². The van der Waals surface area contributed by atoms with Gasteiger partial charge in [-0.05, 0) is 60.2 Å². The van der Waals surface area contributed by atoms with Gasteiger partial charge in [0.2, 0.25) is 0 Å². The van der Waals surface area contributed by atoms with Crippen molar-refractivity contribution < 1.29 is 24.2 Å². The van der Waals surface area contributed by atoms with E-state index in [0.29, 0.717) is 17.2 Å². The van der Waals surface area contributed by atoms with Crippen LogP contribution in [0.3, 0.4) is 0 Å². The first kappa shape index (κ1) is 17.3. The van der Waals surface area contributed by atoms with E-state index in [-0.39, 0.29) is 22.4 Å². The Morgan fingerprint density at radius 2 is 1.54 bits per heavy atom. The van der Waals surface area contributed by atoms with Gasteiger partial charge in [0.1, 0.15) is 11.5 Å². The maximum Gasteiger partial charge on any atom is 0.266 e. The normalized spacial score (nSPS) is 12.8. The Labute approximate surface area is 159 Å². The lowest BCUT2D eigenvalue weighted by atomic mass is 10.1. The fourth-order valence-electron chi connectivity index (χ4n) is 2.96. The molecule has 1 heterocycles. The van der Waals surface area contributed by atoms with Gasteiger partial charge in [0, 0.05) is 5.69 Å². The number of hydrogen-bond acceptors (Lipinski definition) is 6. The molecule has 3 aromatic rings. The highest BCUT2D eigenvalue weighted by Crippen LogP contribution is 2.32. The van der Waals surface area contributed by atoms with Crippen molar-refractivity contribution in [2.75, 3.05) is 10.6 Å². The third kappa shape index (κ3) is 2.95. The van der Waals surface area contributed by atoms with Crippen molar-refractivity contribution in [2.24, 2.45) is 0 Å². The van der Waals surface area contributed by atoms with Crippen LogP contribution in [0.15, 0.2) is 66.7 Å². The summed E-state index contributed by atoms with van der Waals surface area (Å²) in [6.45, 7) is 0. The summed E-state index contributed by atoms with van der Waals surface area (Å²) >= 11 is 0. The number of fused-ring (bicyclic) bond motifs is 1. The van der Waals surface area contributed by atoms with Crippen LogP contribution in [0, 0.1) is 0 Å². The molecule has 138 valence electrons. The maximum atomic E-state index is 12.8. The highest BCUT2D eigenvalue weighted by Gasteiger charge is 2.37. The molecule has 0 atom stereocenters. The SMILES string of the molecule is Nc1ccc(Oc2ccc3c(c2)C(=O)N(c2cccc(C(=O)[O-])c2)C3=O)cc1. The molecular weight excluding hydrogens is 360 g/mol. The lowest BCUT2D eigenvalue weighted by Gasteiger charge is -2.15. The van der Waals surface area contributed by atoms with E-state index in [4.69, 9.17) is 10.5 Å². The van der Waals surface area contributed by atoms with Crippen LogP contribution in [-0.2, 0) is 0 Å². The first-order valence-electron chi connectivity index (χ1n) is 8.32. The number of imide groups is 1. The predicted molar refractivity (Wildman–Crippen MR) is 99.3 cm³/mol. The highest BCUT2D eigenvalue weighted by atomic mass is 16.5. The average molecular weight is 373 g/mol. The second kappa shape index (κ2) is 6.55. The Balaban J connectivity index is 1.66. The Morgan fingerprint density at radius 1 is 0.857 bits per heavy atom. The Bertz CT molecular complexity index is 1120. The summed E-state index contributed by atoms with van der Waals surface area (Å²) in [6.07, 6.45) is 0. The number of aromatic carboxylic acids is 1. The van der Waals surface area contributed by atoms with Gasteiger partial charge in [0.25, 0.3) is 11.8 Å². The van der Waals surface area contributed by atoms with Crippen molar-refractivity contribution in [1.29, 1.82) is 0 Å². The summed E-state index contributed by atoms with van der Waals surface area (Å²) in [7, 11) is 0. The minimum Gasteiger partial charge on any atom is -0.545 e. The van der Waals surface area contributed by atoms with E-state index in [0.717, 1.165) is 4.90 Å². The Hall–Kier alpha value is -4.13. The molecule has 0 fully saturated rings. The van der Waals surface area contributed by atoms with Gasteiger partial charge in [0.05, 0.1) is 22.8 Å². The molecule has 4 rings (SSSR count). The first-order chi connectivity index (χ1) is 13.4. The summed E-state index contributed by atoms with van der Waals surface area (Å²) in [5, 5.41) is 11.1. The van der Waals surface area contributed by atoms with Crippen molar-refractivity contribution >= 4 is 29.2 Å². The van der Waals surface area contributed by atoms with Crippen molar-refractivity contribution in [3.63, 3.8) is 0 Å². The zero-order valence-corrected chi connectivity index (χ0v) is 14.4. The third-order valence-corrected chi connectivity index (χ3v) is 4.31. The molecule has 0 radical (unpaired) electrons. The van der Waals surface area contributed by atoms with E-state index in [1.54, 1.807) is 30.3 Å². The fraction of sp³-hybridized carbons (Fsp3) is 0. The molecule has 7 heteroatoms. The predicted octanol–water partition coefficient (Wildman–Crippen LogP) is 2.23. The second-order valence-electron chi connectivity index (χ2n) is 6.16. The topological polar surface area (TPSA) is 113 Å². The number of amides is 2. The fourth-order valence-corrected chi connectivity index (χ4v) is 2.96. The van der Waals surface area contributed by atoms with Crippen molar-refractivity contribution in [1.82, 2.24) is 0 Å². The van der Waals surface area contributed by atoms with Gasteiger partial charge in [0.15, 0.2) is 0 Å². The van der Waals surface area contributed by atoms with Gasteiger partial charge in [-0.3, -0.25) is 9.59 Å². The van der Waals surface area contributed by atoms with Gasteiger partial charge in [-0.1, -0.05) is 12.1 Å². The van der Waals surface area contributed by atoms with Gasteiger partial charge in [-0.15, -0.1) is 0 Å². The number of carboxylic acid groups (broad SMARTS) is 1. The lowest BCUT2D eigenvalue weighted by molar-refractivity contribution is -0.255. The number of ether oxygens (including phenoxy) is 1. The number of anilines is 2. The molecule has 0 saturated carbocycles. The number of nitrogens with two attached hydrogens (primary N) is 1. The summed E-state index contributed by atoms with van der Waals surface area (Å²) in [5.41, 5.74) is 6.67. The number of carbonyl (C=O) groups is 3. The number of rotatable bonds is 4. The van der Waals surface area contributed by atoms with Gasteiger partial charge in [-0.25, -0.2) is 4.90 Å². The number of nitrogens with zero attached hydrogens (tertiary/aromatic N) is 1. The van der Waals surface area contributed by atoms with Crippen molar-refractivity contribution in [3.05, 3.63) is 83.4 Å². The standard InChI is InChI=1S/C21H14N2O5/c22-13-4-6-15(7-5-13)28-16-8-9-17-18(11-16)20(25)23(19(17)24)14-3-1-2-12(10-14)21(26)27/h1-11H,22H2,(H,26,27)/p-1. The summed E-state index contributed by atoms with van der Waals surface area (Å²) in [6, 6.07) is 16.8. The number of nitrogen functional groups attached to an aromatic ring is 1. The molecule has 0 unspecified atom stereocenters. The summed E-state index contributed by atoms with van der Waals surface area (Å²) < 4.78 is 5.71. The molecule has 28 heavy (non-hydrogen) atoms. The van der Waals surface area contributed by atoms with E-state index >= 15 is 0 Å². The van der Waals surface area contributed by atoms with Gasteiger partial charge < -0.3 is 20.4 Å². The molecule has 7 nitrogen and oxygen atoms in total. The number of carboxylic acids is 1.